The number of rotatable bonds is 5. The van der Waals surface area contributed by atoms with Crippen molar-refractivity contribution in [2.24, 2.45) is 10.6 Å². The highest BCUT2D eigenvalue weighted by Crippen LogP contribution is 2.47. The molecule has 0 radical (unpaired) electrons. The van der Waals surface area contributed by atoms with Gasteiger partial charge in [-0.25, -0.2) is 4.79 Å². The van der Waals surface area contributed by atoms with E-state index in [0.717, 1.165) is 0 Å². The first-order chi connectivity index (χ1) is 7.64. The van der Waals surface area contributed by atoms with Crippen LogP contribution in [0.25, 0.3) is 0 Å². The summed E-state index contributed by atoms with van der Waals surface area (Å²) in [6.07, 6.45) is -0.0171. The molecular weight excluding hydrogens is 245 g/mol. The average molecular weight is 265 g/mol. The molecule has 7 heteroatoms. The number of carbonyl (C=O) groups is 1. The SMILES string of the molecule is COP(=O)(CC(=NOC(C)=O)C(C)(C)C)OC. The Balaban J connectivity index is 5.03. The van der Waals surface area contributed by atoms with Crippen LogP contribution in [0.3, 0.4) is 0 Å². The molecular formula is C10H20NO5P. The molecule has 0 aromatic carbocycles. The van der Waals surface area contributed by atoms with Gasteiger partial charge in [0.2, 0.25) is 0 Å². The van der Waals surface area contributed by atoms with Crippen LogP contribution in [-0.2, 0) is 23.2 Å². The first-order valence-electron chi connectivity index (χ1n) is 5.10. The van der Waals surface area contributed by atoms with Crippen molar-refractivity contribution >= 4 is 19.3 Å². The van der Waals surface area contributed by atoms with Gasteiger partial charge in [-0.15, -0.1) is 0 Å². The Labute approximate surface area is 102 Å². The van der Waals surface area contributed by atoms with Crippen LogP contribution in [0.2, 0.25) is 0 Å². The molecule has 6 nitrogen and oxygen atoms in total. The van der Waals surface area contributed by atoms with Crippen molar-refractivity contribution in [1.29, 1.82) is 0 Å². The Morgan fingerprint density at radius 1 is 1.24 bits per heavy atom. The topological polar surface area (TPSA) is 74.2 Å². The highest BCUT2D eigenvalue weighted by atomic mass is 31.2. The number of carbonyl (C=O) groups excluding carboxylic acids is 1. The van der Waals surface area contributed by atoms with E-state index in [0.29, 0.717) is 5.71 Å². The van der Waals surface area contributed by atoms with Crippen LogP contribution in [-0.4, -0.2) is 32.1 Å². The predicted molar refractivity (Wildman–Crippen MR) is 65.1 cm³/mol. The van der Waals surface area contributed by atoms with Gasteiger partial charge in [-0.05, 0) is 0 Å². The molecule has 0 N–H and O–H groups in total. The van der Waals surface area contributed by atoms with E-state index in [1.165, 1.54) is 21.1 Å². The van der Waals surface area contributed by atoms with Crippen LogP contribution in [0.1, 0.15) is 27.7 Å². The molecule has 0 heterocycles. The molecule has 0 fully saturated rings. The van der Waals surface area contributed by atoms with E-state index in [-0.39, 0.29) is 6.16 Å². The monoisotopic (exact) mass is 265 g/mol. The molecule has 0 aromatic rings. The van der Waals surface area contributed by atoms with Gasteiger partial charge in [0.25, 0.3) is 0 Å². The Hall–Kier alpha value is -0.710. The summed E-state index contributed by atoms with van der Waals surface area (Å²) in [6, 6.07) is 0. The van der Waals surface area contributed by atoms with Gasteiger partial charge in [0, 0.05) is 26.6 Å². The third-order valence-electron chi connectivity index (χ3n) is 2.05. The minimum absolute atomic E-state index is 0.0171. The summed E-state index contributed by atoms with van der Waals surface area (Å²) in [7, 11) is -0.612. The second kappa shape index (κ2) is 6.28. The first-order valence-corrected chi connectivity index (χ1v) is 6.83. The Bertz CT molecular complexity index is 337. The van der Waals surface area contributed by atoms with Gasteiger partial charge >= 0.3 is 13.6 Å². The smallest absolute Gasteiger partial charge is 0.319 e. The largest absolute Gasteiger partial charge is 0.335 e. The minimum atomic E-state index is -3.22. The van der Waals surface area contributed by atoms with Gasteiger partial charge in [-0.3, -0.25) is 4.57 Å². The fourth-order valence-corrected chi connectivity index (χ4v) is 2.22. The standard InChI is InChI=1S/C10H20NO5P/c1-8(12)16-11-9(10(2,3)4)7-17(13,14-5)15-6/h7H2,1-6H3. The van der Waals surface area contributed by atoms with Crippen LogP contribution >= 0.6 is 7.60 Å². The fourth-order valence-electron chi connectivity index (χ4n) is 0.909. The zero-order valence-corrected chi connectivity index (χ0v) is 12.0. The fraction of sp³-hybridized carbons (Fsp3) is 0.800. The zero-order chi connectivity index (χ0) is 13.7. The van der Waals surface area contributed by atoms with Gasteiger partial charge in [0.15, 0.2) is 0 Å². The lowest BCUT2D eigenvalue weighted by molar-refractivity contribution is -0.141. The lowest BCUT2D eigenvalue weighted by atomic mass is 9.91. The molecule has 0 bridgehead atoms. The highest BCUT2D eigenvalue weighted by Gasteiger charge is 2.31. The van der Waals surface area contributed by atoms with Crippen LogP contribution in [0.5, 0.6) is 0 Å². The molecule has 0 saturated carbocycles. The Kier molecular flexibility index (Phi) is 6.02. The maximum atomic E-state index is 12.0. The van der Waals surface area contributed by atoms with E-state index in [2.05, 4.69) is 9.99 Å². The van der Waals surface area contributed by atoms with Crippen molar-refractivity contribution < 1.29 is 23.2 Å². The molecule has 17 heavy (non-hydrogen) atoms. The maximum Gasteiger partial charge on any atom is 0.335 e. The van der Waals surface area contributed by atoms with Crippen molar-refractivity contribution in [3.8, 4) is 0 Å². The van der Waals surface area contributed by atoms with Crippen LogP contribution in [0, 0.1) is 5.41 Å². The lowest BCUT2D eigenvalue weighted by Crippen LogP contribution is -2.25. The van der Waals surface area contributed by atoms with E-state index >= 15 is 0 Å². The lowest BCUT2D eigenvalue weighted by Gasteiger charge is -2.23. The average Bonchev–Trinajstić information content (AvgIpc) is 2.22. The summed E-state index contributed by atoms with van der Waals surface area (Å²) < 4.78 is 21.6. The van der Waals surface area contributed by atoms with Crippen LogP contribution in [0.4, 0.5) is 0 Å². The van der Waals surface area contributed by atoms with E-state index in [1.54, 1.807) is 0 Å². The molecule has 0 aliphatic rings. The molecule has 0 atom stereocenters. The summed E-state index contributed by atoms with van der Waals surface area (Å²) in [4.78, 5) is 15.3. The predicted octanol–water partition coefficient (Wildman–Crippen LogP) is 2.44. The Morgan fingerprint density at radius 2 is 1.71 bits per heavy atom. The molecule has 100 valence electrons. The normalized spacial score (nSPS) is 13.6. The third kappa shape index (κ3) is 5.96. The van der Waals surface area contributed by atoms with Crippen molar-refractivity contribution in [3.63, 3.8) is 0 Å². The van der Waals surface area contributed by atoms with Crippen molar-refractivity contribution in [2.45, 2.75) is 27.7 Å². The van der Waals surface area contributed by atoms with Gasteiger partial charge in [0.1, 0.15) is 0 Å². The van der Waals surface area contributed by atoms with Gasteiger partial charge in [-0.2, -0.15) is 0 Å². The van der Waals surface area contributed by atoms with Gasteiger partial charge < -0.3 is 13.9 Å². The molecule has 0 unspecified atom stereocenters. The summed E-state index contributed by atoms with van der Waals surface area (Å²) >= 11 is 0. The molecule has 0 spiro atoms. The Morgan fingerprint density at radius 3 is 2.00 bits per heavy atom. The van der Waals surface area contributed by atoms with Crippen LogP contribution < -0.4 is 0 Å². The number of hydrogen-bond acceptors (Lipinski definition) is 6. The van der Waals surface area contributed by atoms with Crippen molar-refractivity contribution in [3.05, 3.63) is 0 Å². The van der Waals surface area contributed by atoms with Crippen molar-refractivity contribution in [1.82, 2.24) is 0 Å². The van der Waals surface area contributed by atoms with Crippen molar-refractivity contribution in [2.75, 3.05) is 20.4 Å². The first kappa shape index (κ1) is 16.3. The summed E-state index contributed by atoms with van der Waals surface area (Å²) in [6.45, 7) is 6.84. The molecule has 0 saturated heterocycles. The van der Waals surface area contributed by atoms with E-state index < -0.39 is 19.0 Å². The molecule has 0 aliphatic heterocycles. The molecule has 0 aliphatic carbocycles. The second-order valence-corrected chi connectivity index (χ2v) is 6.77. The van der Waals surface area contributed by atoms with Crippen LogP contribution in [0.15, 0.2) is 5.16 Å². The van der Waals surface area contributed by atoms with E-state index in [4.69, 9.17) is 9.05 Å². The molecule has 0 aromatic heterocycles. The summed E-state index contributed by atoms with van der Waals surface area (Å²) in [5.74, 6) is -0.531. The van der Waals surface area contributed by atoms with Gasteiger partial charge in [-0.1, -0.05) is 25.9 Å². The maximum absolute atomic E-state index is 12.0. The van der Waals surface area contributed by atoms with E-state index in [1.807, 2.05) is 20.8 Å². The molecule has 0 rings (SSSR count). The molecule has 0 amide bonds. The van der Waals surface area contributed by atoms with Gasteiger partial charge in [0.05, 0.1) is 11.9 Å². The zero-order valence-electron chi connectivity index (χ0n) is 11.1. The number of hydrogen-bond donors (Lipinski definition) is 0. The summed E-state index contributed by atoms with van der Waals surface area (Å²) in [5.41, 5.74) is 0.0436. The number of oxime groups is 1. The quantitative estimate of drug-likeness (QED) is 0.330. The number of nitrogens with zero attached hydrogens (tertiary/aromatic N) is 1. The minimum Gasteiger partial charge on any atom is -0.319 e. The second-order valence-electron chi connectivity index (χ2n) is 4.51. The van der Waals surface area contributed by atoms with E-state index in [9.17, 15) is 9.36 Å². The summed E-state index contributed by atoms with van der Waals surface area (Å²) in [5, 5.41) is 3.71. The third-order valence-corrected chi connectivity index (χ3v) is 3.85. The highest BCUT2D eigenvalue weighted by molar-refractivity contribution is 7.54.